The van der Waals surface area contributed by atoms with Crippen molar-refractivity contribution in [3.05, 3.63) is 27.9 Å². The van der Waals surface area contributed by atoms with Crippen molar-refractivity contribution < 1.29 is 4.92 Å². The van der Waals surface area contributed by atoms with Gasteiger partial charge >= 0.3 is 5.69 Å². The van der Waals surface area contributed by atoms with Crippen molar-refractivity contribution in [2.45, 2.75) is 32.2 Å². The second-order valence-electron chi connectivity index (χ2n) is 5.08. The van der Waals surface area contributed by atoms with Crippen LogP contribution in [0.25, 0.3) is 0 Å². The van der Waals surface area contributed by atoms with Crippen LogP contribution in [0.15, 0.2) is 12.3 Å². The summed E-state index contributed by atoms with van der Waals surface area (Å²) >= 11 is 0. The SMILES string of the molecule is Cc1ccnc(N(C)CC2CCCCN2)c1[N+](=O)[O-]. The molecule has 6 heteroatoms. The normalized spacial score (nSPS) is 19.2. The van der Waals surface area contributed by atoms with Crippen molar-refractivity contribution in [2.75, 3.05) is 25.0 Å². The Labute approximate surface area is 113 Å². The van der Waals surface area contributed by atoms with E-state index in [0.29, 0.717) is 17.4 Å². The maximum Gasteiger partial charge on any atom is 0.314 e. The summed E-state index contributed by atoms with van der Waals surface area (Å²) in [4.78, 5) is 16.9. The standard InChI is InChI=1S/C13H20N4O2/c1-10-6-8-15-13(12(10)17(18)19)16(2)9-11-5-3-4-7-14-11/h6,8,11,14H,3-5,7,9H2,1-2H3. The van der Waals surface area contributed by atoms with Crippen LogP contribution >= 0.6 is 0 Å². The van der Waals surface area contributed by atoms with E-state index in [9.17, 15) is 10.1 Å². The quantitative estimate of drug-likeness (QED) is 0.664. The fourth-order valence-electron chi connectivity index (χ4n) is 2.54. The number of piperidine rings is 1. The topological polar surface area (TPSA) is 71.3 Å². The molecule has 6 nitrogen and oxygen atoms in total. The first-order valence-electron chi connectivity index (χ1n) is 6.64. The van der Waals surface area contributed by atoms with E-state index in [4.69, 9.17) is 0 Å². The third-order valence-electron chi connectivity index (χ3n) is 3.56. The molecule has 0 saturated carbocycles. The van der Waals surface area contributed by atoms with Crippen molar-refractivity contribution in [2.24, 2.45) is 0 Å². The van der Waals surface area contributed by atoms with Crippen molar-refractivity contribution >= 4 is 11.5 Å². The largest absolute Gasteiger partial charge is 0.352 e. The zero-order valence-electron chi connectivity index (χ0n) is 11.4. The van der Waals surface area contributed by atoms with Crippen LogP contribution in [0.1, 0.15) is 24.8 Å². The Kier molecular flexibility index (Phi) is 4.31. The van der Waals surface area contributed by atoms with Gasteiger partial charge in [-0.05, 0) is 32.4 Å². The van der Waals surface area contributed by atoms with Crippen molar-refractivity contribution in [1.82, 2.24) is 10.3 Å². The van der Waals surface area contributed by atoms with Crippen molar-refractivity contribution in [1.29, 1.82) is 0 Å². The van der Waals surface area contributed by atoms with E-state index < -0.39 is 0 Å². The van der Waals surface area contributed by atoms with Crippen molar-refractivity contribution in [3.63, 3.8) is 0 Å². The first-order chi connectivity index (χ1) is 9.09. The molecule has 104 valence electrons. The molecule has 2 heterocycles. The van der Waals surface area contributed by atoms with Gasteiger partial charge in [-0.2, -0.15) is 0 Å². The van der Waals surface area contributed by atoms with Gasteiger partial charge in [0.15, 0.2) is 0 Å². The van der Waals surface area contributed by atoms with Gasteiger partial charge in [0.25, 0.3) is 0 Å². The Morgan fingerprint density at radius 3 is 3.00 bits per heavy atom. The molecule has 0 aliphatic carbocycles. The van der Waals surface area contributed by atoms with Crippen LogP contribution in [-0.2, 0) is 0 Å². The van der Waals surface area contributed by atoms with Gasteiger partial charge in [0.2, 0.25) is 5.82 Å². The summed E-state index contributed by atoms with van der Waals surface area (Å²) in [5, 5.41) is 14.6. The second-order valence-corrected chi connectivity index (χ2v) is 5.08. The molecule has 1 aromatic rings. The first kappa shape index (κ1) is 13.7. The Morgan fingerprint density at radius 1 is 1.58 bits per heavy atom. The number of nitro groups is 1. The number of nitrogens with zero attached hydrogens (tertiary/aromatic N) is 3. The fraction of sp³-hybridized carbons (Fsp3) is 0.615. The lowest BCUT2D eigenvalue weighted by atomic mass is 10.0. The summed E-state index contributed by atoms with van der Waals surface area (Å²) < 4.78 is 0. The van der Waals surface area contributed by atoms with Crippen LogP contribution < -0.4 is 10.2 Å². The van der Waals surface area contributed by atoms with Crippen LogP contribution in [0.5, 0.6) is 0 Å². The molecule has 1 aliphatic rings. The number of hydrogen-bond donors (Lipinski definition) is 1. The molecule has 1 N–H and O–H groups in total. The molecule has 1 aromatic heterocycles. The number of rotatable bonds is 4. The highest BCUT2D eigenvalue weighted by molar-refractivity contribution is 5.61. The molecule has 1 fully saturated rings. The van der Waals surface area contributed by atoms with E-state index in [-0.39, 0.29) is 10.6 Å². The van der Waals surface area contributed by atoms with E-state index in [2.05, 4.69) is 10.3 Å². The number of anilines is 1. The van der Waals surface area contributed by atoms with Gasteiger partial charge in [-0.1, -0.05) is 6.42 Å². The lowest BCUT2D eigenvalue weighted by molar-refractivity contribution is -0.384. The maximum atomic E-state index is 11.2. The monoisotopic (exact) mass is 264 g/mol. The number of likely N-dealkylation sites (N-methyl/N-ethyl adjacent to an activating group) is 1. The van der Waals surface area contributed by atoms with Crippen LogP contribution in [0.4, 0.5) is 11.5 Å². The summed E-state index contributed by atoms with van der Waals surface area (Å²) in [6.45, 7) is 3.52. The predicted molar refractivity (Wildman–Crippen MR) is 74.5 cm³/mol. The fourth-order valence-corrected chi connectivity index (χ4v) is 2.54. The molecule has 0 amide bonds. The van der Waals surface area contributed by atoms with Gasteiger partial charge in [-0.3, -0.25) is 10.1 Å². The number of aromatic nitrogens is 1. The Hall–Kier alpha value is -1.69. The van der Waals surface area contributed by atoms with Gasteiger partial charge < -0.3 is 10.2 Å². The summed E-state index contributed by atoms with van der Waals surface area (Å²) in [7, 11) is 1.87. The average Bonchev–Trinajstić information content (AvgIpc) is 2.39. The molecule has 1 unspecified atom stereocenters. The maximum absolute atomic E-state index is 11.2. The molecule has 2 rings (SSSR count). The minimum Gasteiger partial charge on any atom is -0.352 e. The van der Waals surface area contributed by atoms with Gasteiger partial charge in [-0.15, -0.1) is 0 Å². The highest BCUT2D eigenvalue weighted by atomic mass is 16.6. The molecular weight excluding hydrogens is 244 g/mol. The van der Waals surface area contributed by atoms with E-state index in [1.54, 1.807) is 19.2 Å². The summed E-state index contributed by atoms with van der Waals surface area (Å²) in [5.41, 5.74) is 0.763. The predicted octanol–water partition coefficient (Wildman–Crippen LogP) is 1.88. The zero-order chi connectivity index (χ0) is 13.8. The molecule has 0 radical (unpaired) electrons. The summed E-state index contributed by atoms with van der Waals surface area (Å²) in [5.74, 6) is 0.456. The first-order valence-corrected chi connectivity index (χ1v) is 6.64. The van der Waals surface area contributed by atoms with E-state index in [1.807, 2.05) is 11.9 Å². The zero-order valence-corrected chi connectivity index (χ0v) is 11.4. The molecule has 1 aliphatic heterocycles. The smallest absolute Gasteiger partial charge is 0.314 e. The van der Waals surface area contributed by atoms with Crippen LogP contribution in [0, 0.1) is 17.0 Å². The number of aryl methyl sites for hydroxylation is 1. The number of hydrogen-bond acceptors (Lipinski definition) is 5. The average molecular weight is 264 g/mol. The molecule has 0 bridgehead atoms. The molecule has 1 atom stereocenters. The van der Waals surface area contributed by atoms with Crippen LogP contribution in [0.2, 0.25) is 0 Å². The van der Waals surface area contributed by atoms with Gasteiger partial charge in [-0.25, -0.2) is 4.98 Å². The lowest BCUT2D eigenvalue weighted by Gasteiger charge is -2.28. The Balaban J connectivity index is 2.16. The Morgan fingerprint density at radius 2 is 2.37 bits per heavy atom. The molecule has 1 saturated heterocycles. The summed E-state index contributed by atoms with van der Waals surface area (Å²) in [6.07, 6.45) is 5.17. The molecular formula is C13H20N4O2. The summed E-state index contributed by atoms with van der Waals surface area (Å²) in [6, 6.07) is 2.06. The molecule has 0 spiro atoms. The minimum atomic E-state index is -0.345. The third-order valence-corrected chi connectivity index (χ3v) is 3.56. The highest BCUT2D eigenvalue weighted by Crippen LogP contribution is 2.28. The minimum absolute atomic E-state index is 0.112. The second kappa shape index (κ2) is 5.97. The van der Waals surface area contributed by atoms with Crippen LogP contribution in [-0.4, -0.2) is 36.1 Å². The molecule has 19 heavy (non-hydrogen) atoms. The highest BCUT2D eigenvalue weighted by Gasteiger charge is 2.23. The number of pyridine rings is 1. The van der Waals surface area contributed by atoms with Gasteiger partial charge in [0, 0.05) is 31.4 Å². The van der Waals surface area contributed by atoms with Gasteiger partial charge in [0.05, 0.1) is 4.92 Å². The van der Waals surface area contributed by atoms with Crippen LogP contribution in [0.3, 0.4) is 0 Å². The van der Waals surface area contributed by atoms with Crippen molar-refractivity contribution in [3.8, 4) is 0 Å². The number of nitrogens with one attached hydrogen (secondary N) is 1. The van der Waals surface area contributed by atoms with Gasteiger partial charge in [0.1, 0.15) is 0 Å². The lowest BCUT2D eigenvalue weighted by Crippen LogP contribution is -2.42. The Bertz CT molecular complexity index is 458. The van der Waals surface area contributed by atoms with E-state index in [0.717, 1.165) is 19.5 Å². The van der Waals surface area contributed by atoms with E-state index >= 15 is 0 Å². The van der Waals surface area contributed by atoms with E-state index in [1.165, 1.54) is 12.8 Å². The third kappa shape index (κ3) is 3.20. The molecule has 0 aromatic carbocycles.